The minimum atomic E-state index is -0.581. The molecule has 0 amide bonds. The zero-order valence-electron chi connectivity index (χ0n) is 9.61. The molecule has 0 fully saturated rings. The highest BCUT2D eigenvalue weighted by Gasteiger charge is 2.13. The van der Waals surface area contributed by atoms with Crippen molar-refractivity contribution in [2.24, 2.45) is 0 Å². The standard InChI is InChI=1S/C13H11F2NO2/c1-17-12-8-4-5-9(14)13(12)18-11-7-3-2-6-10(11)16-15/h2-8,16H,1H3. The lowest BCUT2D eigenvalue weighted by Crippen LogP contribution is -1.95. The van der Waals surface area contributed by atoms with Crippen molar-refractivity contribution in [3.05, 3.63) is 48.3 Å². The normalized spacial score (nSPS) is 9.94. The monoisotopic (exact) mass is 251 g/mol. The van der Waals surface area contributed by atoms with E-state index in [4.69, 9.17) is 9.47 Å². The van der Waals surface area contributed by atoms with E-state index in [0.29, 0.717) is 0 Å². The van der Waals surface area contributed by atoms with Gasteiger partial charge >= 0.3 is 0 Å². The van der Waals surface area contributed by atoms with Crippen molar-refractivity contribution < 1.29 is 18.3 Å². The highest BCUT2D eigenvalue weighted by atomic mass is 19.2. The predicted molar refractivity (Wildman–Crippen MR) is 64.2 cm³/mol. The molecule has 3 nitrogen and oxygen atoms in total. The van der Waals surface area contributed by atoms with Crippen molar-refractivity contribution >= 4 is 5.69 Å². The third-order valence-corrected chi connectivity index (χ3v) is 2.35. The van der Waals surface area contributed by atoms with Crippen LogP contribution in [0.4, 0.5) is 14.6 Å². The number of hydrogen-bond acceptors (Lipinski definition) is 3. The molecule has 0 spiro atoms. The lowest BCUT2D eigenvalue weighted by molar-refractivity contribution is 0.364. The fourth-order valence-corrected chi connectivity index (χ4v) is 1.49. The molecule has 0 unspecified atom stereocenters. The molecule has 0 aliphatic carbocycles. The molecule has 0 atom stereocenters. The molecule has 0 heterocycles. The van der Waals surface area contributed by atoms with Gasteiger partial charge in [0.05, 0.1) is 7.11 Å². The Kier molecular flexibility index (Phi) is 3.62. The highest BCUT2D eigenvalue weighted by molar-refractivity contribution is 5.57. The predicted octanol–water partition coefficient (Wildman–Crippen LogP) is 3.92. The number of nitrogens with one attached hydrogen (secondary N) is 1. The van der Waals surface area contributed by atoms with Gasteiger partial charge in [-0.05, 0) is 24.3 Å². The third kappa shape index (κ3) is 2.34. The van der Waals surface area contributed by atoms with Gasteiger partial charge in [-0.3, -0.25) is 0 Å². The number of para-hydroxylation sites is 3. The number of anilines is 1. The van der Waals surface area contributed by atoms with Gasteiger partial charge in [0, 0.05) is 0 Å². The van der Waals surface area contributed by atoms with E-state index >= 15 is 0 Å². The summed E-state index contributed by atoms with van der Waals surface area (Å²) in [5.74, 6) is -0.252. The summed E-state index contributed by atoms with van der Waals surface area (Å²) in [4.78, 5) is 0. The second-order valence-corrected chi connectivity index (χ2v) is 3.46. The topological polar surface area (TPSA) is 30.5 Å². The van der Waals surface area contributed by atoms with Gasteiger partial charge in [0.15, 0.2) is 17.3 Å². The lowest BCUT2D eigenvalue weighted by atomic mass is 10.3. The summed E-state index contributed by atoms with van der Waals surface area (Å²) < 4.78 is 36.5. The minimum Gasteiger partial charge on any atom is -0.493 e. The summed E-state index contributed by atoms with van der Waals surface area (Å²) in [6, 6.07) is 10.6. The van der Waals surface area contributed by atoms with E-state index in [1.54, 1.807) is 18.2 Å². The molecule has 2 aromatic rings. The van der Waals surface area contributed by atoms with E-state index in [0.717, 1.165) is 0 Å². The van der Waals surface area contributed by atoms with E-state index in [2.05, 4.69) is 0 Å². The van der Waals surface area contributed by atoms with Crippen molar-refractivity contribution in [1.29, 1.82) is 0 Å². The van der Waals surface area contributed by atoms with Crippen LogP contribution in [-0.4, -0.2) is 7.11 Å². The van der Waals surface area contributed by atoms with E-state index in [-0.39, 0.29) is 22.9 Å². The molecule has 18 heavy (non-hydrogen) atoms. The zero-order chi connectivity index (χ0) is 13.0. The van der Waals surface area contributed by atoms with Crippen LogP contribution < -0.4 is 15.0 Å². The van der Waals surface area contributed by atoms with E-state index < -0.39 is 5.82 Å². The molecule has 1 N–H and O–H groups in total. The Hall–Kier alpha value is -2.30. The summed E-state index contributed by atoms with van der Waals surface area (Å²) in [6.45, 7) is 0. The molecule has 0 aliphatic rings. The number of methoxy groups -OCH3 is 1. The molecular weight excluding hydrogens is 240 g/mol. The Morgan fingerprint density at radius 1 is 1.00 bits per heavy atom. The maximum Gasteiger partial charge on any atom is 0.204 e. The SMILES string of the molecule is COc1cccc(F)c1Oc1ccccc1NF. The van der Waals surface area contributed by atoms with E-state index in [9.17, 15) is 8.87 Å². The lowest BCUT2D eigenvalue weighted by Gasteiger charge is -2.12. The first-order valence-electron chi connectivity index (χ1n) is 5.22. The molecule has 0 aliphatic heterocycles. The fraction of sp³-hybridized carbons (Fsp3) is 0.0769. The summed E-state index contributed by atoms with van der Waals surface area (Å²) in [5.41, 5.74) is 1.60. The van der Waals surface area contributed by atoms with Crippen LogP contribution in [0.15, 0.2) is 42.5 Å². The van der Waals surface area contributed by atoms with Crippen LogP contribution in [0.2, 0.25) is 0 Å². The Morgan fingerprint density at radius 2 is 1.72 bits per heavy atom. The first kappa shape index (κ1) is 12.2. The first-order valence-corrected chi connectivity index (χ1v) is 5.22. The second kappa shape index (κ2) is 5.35. The van der Waals surface area contributed by atoms with Crippen LogP contribution in [-0.2, 0) is 0 Å². The van der Waals surface area contributed by atoms with E-state index in [1.165, 1.54) is 36.9 Å². The van der Waals surface area contributed by atoms with Crippen LogP contribution in [0.3, 0.4) is 0 Å². The maximum absolute atomic E-state index is 13.6. The average Bonchev–Trinajstić information content (AvgIpc) is 2.41. The van der Waals surface area contributed by atoms with Crippen LogP contribution in [0, 0.1) is 5.82 Å². The van der Waals surface area contributed by atoms with Gasteiger partial charge in [0.25, 0.3) is 0 Å². The van der Waals surface area contributed by atoms with Crippen molar-refractivity contribution in [3.63, 3.8) is 0 Å². The van der Waals surface area contributed by atoms with Crippen LogP contribution in [0.5, 0.6) is 17.2 Å². The minimum absolute atomic E-state index is 0.0808. The molecule has 0 radical (unpaired) electrons. The zero-order valence-corrected chi connectivity index (χ0v) is 9.61. The number of ether oxygens (including phenoxy) is 2. The van der Waals surface area contributed by atoms with Gasteiger partial charge in [0.1, 0.15) is 5.69 Å². The van der Waals surface area contributed by atoms with Gasteiger partial charge in [0.2, 0.25) is 5.75 Å². The Balaban J connectivity index is 2.39. The summed E-state index contributed by atoms with van der Waals surface area (Å²) in [7, 11) is 1.40. The Labute approximate surface area is 103 Å². The van der Waals surface area contributed by atoms with Crippen molar-refractivity contribution in [3.8, 4) is 17.2 Å². The Morgan fingerprint density at radius 3 is 2.44 bits per heavy atom. The molecular formula is C13H11F2NO2. The molecule has 2 aromatic carbocycles. The molecule has 0 aromatic heterocycles. The molecule has 0 saturated heterocycles. The molecule has 5 heteroatoms. The van der Waals surface area contributed by atoms with Gasteiger partial charge in [-0.2, -0.15) is 0 Å². The number of hydrogen-bond donors (Lipinski definition) is 1. The Bertz CT molecular complexity index is 546. The third-order valence-electron chi connectivity index (χ3n) is 2.35. The summed E-state index contributed by atoms with van der Waals surface area (Å²) in [5, 5.41) is 0. The smallest absolute Gasteiger partial charge is 0.204 e. The van der Waals surface area contributed by atoms with Crippen molar-refractivity contribution in [1.82, 2.24) is 0 Å². The van der Waals surface area contributed by atoms with Gasteiger partial charge < -0.3 is 9.47 Å². The number of halogens is 2. The van der Waals surface area contributed by atoms with E-state index in [1.807, 2.05) is 0 Å². The quantitative estimate of drug-likeness (QED) is 0.835. The number of rotatable bonds is 4. The fourth-order valence-electron chi connectivity index (χ4n) is 1.49. The average molecular weight is 251 g/mol. The number of benzene rings is 2. The molecule has 0 saturated carbocycles. The molecule has 0 bridgehead atoms. The highest BCUT2D eigenvalue weighted by Crippen LogP contribution is 2.36. The van der Waals surface area contributed by atoms with Crippen LogP contribution >= 0.6 is 0 Å². The maximum atomic E-state index is 13.6. The van der Waals surface area contributed by atoms with Crippen LogP contribution in [0.1, 0.15) is 0 Å². The summed E-state index contributed by atoms with van der Waals surface area (Å²) in [6.07, 6.45) is 0. The second-order valence-electron chi connectivity index (χ2n) is 3.46. The van der Waals surface area contributed by atoms with Crippen LogP contribution in [0.25, 0.3) is 0 Å². The van der Waals surface area contributed by atoms with Gasteiger partial charge in [-0.25, -0.2) is 9.93 Å². The van der Waals surface area contributed by atoms with Crippen molar-refractivity contribution in [2.45, 2.75) is 0 Å². The van der Waals surface area contributed by atoms with Gasteiger partial charge in [-0.1, -0.05) is 18.2 Å². The molecule has 94 valence electrons. The first-order chi connectivity index (χ1) is 8.76. The molecule has 2 rings (SSSR count). The largest absolute Gasteiger partial charge is 0.493 e. The van der Waals surface area contributed by atoms with Gasteiger partial charge in [-0.15, -0.1) is 4.48 Å². The van der Waals surface area contributed by atoms with Crippen molar-refractivity contribution in [2.75, 3.05) is 12.6 Å². The summed E-state index contributed by atoms with van der Waals surface area (Å²) >= 11 is 0.